The molecule has 1 N–H and O–H groups in total. The molecule has 1 aromatic heterocycles. The summed E-state index contributed by atoms with van der Waals surface area (Å²) in [6.45, 7) is -1.65. The molecule has 90 valence electrons. The Morgan fingerprint density at radius 3 is 2.50 bits per heavy atom. The van der Waals surface area contributed by atoms with E-state index >= 15 is 0 Å². The van der Waals surface area contributed by atoms with Gasteiger partial charge < -0.3 is 5.11 Å². The Hall–Kier alpha value is -1.64. The molecule has 1 atom stereocenters. The lowest BCUT2D eigenvalue weighted by Gasteiger charge is -2.25. The molecular weight excluding hydrogens is 231 g/mol. The highest BCUT2D eigenvalue weighted by atomic mass is 19.4. The monoisotopic (exact) mass is 239 g/mol. The average Bonchev–Trinajstić information content (AvgIpc) is 2.48. The summed E-state index contributed by atoms with van der Waals surface area (Å²) in [5, 5.41) is 23.0. The minimum atomic E-state index is -5.14. The Kier molecular flexibility index (Phi) is 2.91. The maximum Gasteiger partial charge on any atom is 0.428 e. The number of alkyl halides is 3. The second kappa shape index (κ2) is 3.74. The SMILES string of the molecule is Cn1cc(C(O)(C[N+](=O)[O-])C(F)(F)F)cn1. The van der Waals surface area contributed by atoms with E-state index in [1.807, 2.05) is 0 Å². The zero-order chi connectivity index (χ0) is 12.6. The summed E-state index contributed by atoms with van der Waals surface area (Å²) in [4.78, 5) is 8.94. The first-order valence-electron chi connectivity index (χ1n) is 4.07. The maximum atomic E-state index is 12.6. The van der Waals surface area contributed by atoms with Gasteiger partial charge in [0.25, 0.3) is 5.60 Å². The lowest BCUT2D eigenvalue weighted by Crippen LogP contribution is -2.47. The Balaban J connectivity index is 3.19. The van der Waals surface area contributed by atoms with Crippen LogP contribution in [0.2, 0.25) is 0 Å². The summed E-state index contributed by atoms with van der Waals surface area (Å²) in [6, 6.07) is 0. The molecule has 0 aliphatic heterocycles. The number of aryl methyl sites for hydroxylation is 1. The summed E-state index contributed by atoms with van der Waals surface area (Å²) in [6.07, 6.45) is -3.50. The number of nitrogens with zero attached hydrogens (tertiary/aromatic N) is 3. The third-order valence-corrected chi connectivity index (χ3v) is 2.01. The zero-order valence-corrected chi connectivity index (χ0v) is 8.10. The largest absolute Gasteiger partial charge is 0.428 e. The highest BCUT2D eigenvalue weighted by molar-refractivity contribution is 5.18. The number of hydrogen-bond donors (Lipinski definition) is 1. The van der Waals surface area contributed by atoms with Crippen molar-refractivity contribution in [2.24, 2.45) is 7.05 Å². The zero-order valence-electron chi connectivity index (χ0n) is 8.10. The van der Waals surface area contributed by atoms with Gasteiger partial charge in [0, 0.05) is 23.7 Å². The van der Waals surface area contributed by atoms with Crippen molar-refractivity contribution in [3.8, 4) is 0 Å². The number of hydrogen-bond acceptors (Lipinski definition) is 4. The lowest BCUT2D eigenvalue weighted by atomic mass is 9.96. The number of aromatic nitrogens is 2. The van der Waals surface area contributed by atoms with Crippen molar-refractivity contribution in [3.05, 3.63) is 28.1 Å². The average molecular weight is 239 g/mol. The molecule has 6 nitrogen and oxygen atoms in total. The first-order chi connectivity index (χ1) is 7.17. The predicted octanol–water partition coefficient (Wildman–Crippen LogP) is 0.447. The Morgan fingerprint density at radius 2 is 2.19 bits per heavy atom. The molecule has 0 amide bonds. The van der Waals surface area contributed by atoms with E-state index in [0.29, 0.717) is 0 Å². The molecule has 1 heterocycles. The Morgan fingerprint density at radius 1 is 1.62 bits per heavy atom. The normalized spacial score (nSPS) is 15.8. The number of aliphatic hydroxyl groups is 1. The third-order valence-electron chi connectivity index (χ3n) is 2.01. The van der Waals surface area contributed by atoms with E-state index < -0.39 is 28.8 Å². The van der Waals surface area contributed by atoms with Crippen molar-refractivity contribution < 1.29 is 23.2 Å². The van der Waals surface area contributed by atoms with Crippen LogP contribution in [-0.4, -0.2) is 32.5 Å². The molecule has 0 aromatic carbocycles. The van der Waals surface area contributed by atoms with Crippen molar-refractivity contribution >= 4 is 0 Å². The van der Waals surface area contributed by atoms with Gasteiger partial charge in [0.2, 0.25) is 6.54 Å². The number of rotatable bonds is 3. The van der Waals surface area contributed by atoms with E-state index in [1.54, 1.807) is 0 Å². The third kappa shape index (κ3) is 2.13. The fraction of sp³-hybridized carbons (Fsp3) is 0.571. The van der Waals surface area contributed by atoms with Crippen LogP contribution in [0.1, 0.15) is 5.56 Å². The molecule has 0 fully saturated rings. The van der Waals surface area contributed by atoms with Crippen LogP contribution < -0.4 is 0 Å². The Bertz CT molecular complexity index is 403. The molecule has 1 unspecified atom stereocenters. The van der Waals surface area contributed by atoms with Crippen molar-refractivity contribution in [3.63, 3.8) is 0 Å². The van der Waals surface area contributed by atoms with Crippen LogP contribution in [0.5, 0.6) is 0 Å². The molecule has 0 radical (unpaired) electrons. The van der Waals surface area contributed by atoms with Gasteiger partial charge in [-0.3, -0.25) is 14.8 Å². The van der Waals surface area contributed by atoms with Gasteiger partial charge in [-0.2, -0.15) is 18.3 Å². The lowest BCUT2D eigenvalue weighted by molar-refractivity contribution is -0.519. The molecule has 0 saturated carbocycles. The summed E-state index contributed by atoms with van der Waals surface area (Å²) in [7, 11) is 1.34. The van der Waals surface area contributed by atoms with E-state index in [-0.39, 0.29) is 0 Å². The molecule has 0 bridgehead atoms. The molecule has 0 aliphatic carbocycles. The molecule has 9 heteroatoms. The highest BCUT2D eigenvalue weighted by Gasteiger charge is 2.59. The van der Waals surface area contributed by atoms with Crippen molar-refractivity contribution in [1.29, 1.82) is 0 Å². The van der Waals surface area contributed by atoms with Gasteiger partial charge >= 0.3 is 6.18 Å². The van der Waals surface area contributed by atoms with Crippen molar-refractivity contribution in [2.75, 3.05) is 6.54 Å². The minimum absolute atomic E-state index is 0.654. The Labute approximate surface area is 87.4 Å². The number of halogens is 3. The fourth-order valence-electron chi connectivity index (χ4n) is 1.17. The molecule has 1 aromatic rings. The van der Waals surface area contributed by atoms with Gasteiger partial charge in [0.05, 0.1) is 6.20 Å². The van der Waals surface area contributed by atoms with E-state index in [0.717, 1.165) is 17.1 Å². The van der Waals surface area contributed by atoms with Crippen LogP contribution in [0.25, 0.3) is 0 Å². The van der Waals surface area contributed by atoms with Gasteiger partial charge in [-0.1, -0.05) is 0 Å². The minimum Gasteiger partial charge on any atom is -0.371 e. The topological polar surface area (TPSA) is 81.2 Å². The quantitative estimate of drug-likeness (QED) is 0.613. The maximum absolute atomic E-state index is 12.6. The van der Waals surface area contributed by atoms with E-state index in [4.69, 9.17) is 0 Å². The van der Waals surface area contributed by atoms with Crippen LogP contribution >= 0.6 is 0 Å². The summed E-state index contributed by atoms with van der Waals surface area (Å²) in [5.41, 5.74) is -4.16. The van der Waals surface area contributed by atoms with Crippen molar-refractivity contribution in [2.45, 2.75) is 11.8 Å². The molecule has 0 saturated heterocycles. The van der Waals surface area contributed by atoms with Crippen LogP contribution in [-0.2, 0) is 12.6 Å². The first-order valence-corrected chi connectivity index (χ1v) is 4.07. The van der Waals surface area contributed by atoms with E-state index in [1.165, 1.54) is 7.05 Å². The van der Waals surface area contributed by atoms with Gasteiger partial charge in [-0.05, 0) is 0 Å². The standard InChI is InChI=1S/C7H8F3N3O3/c1-12-3-5(2-11-12)6(14,4-13(15)16)7(8,9)10/h2-3,14H,4H2,1H3. The summed E-state index contributed by atoms with van der Waals surface area (Å²) in [5.74, 6) is 0. The van der Waals surface area contributed by atoms with Crippen LogP contribution in [0.4, 0.5) is 13.2 Å². The molecule has 1 rings (SSSR count). The molecular formula is C7H8F3N3O3. The van der Waals surface area contributed by atoms with Crippen LogP contribution in [0.3, 0.4) is 0 Å². The van der Waals surface area contributed by atoms with Gasteiger partial charge in [-0.25, -0.2) is 0 Å². The van der Waals surface area contributed by atoms with Gasteiger partial charge in [0.15, 0.2) is 0 Å². The van der Waals surface area contributed by atoms with Gasteiger partial charge in [0.1, 0.15) is 0 Å². The second-order valence-electron chi connectivity index (χ2n) is 3.25. The number of nitro groups is 1. The molecule has 16 heavy (non-hydrogen) atoms. The fourth-order valence-corrected chi connectivity index (χ4v) is 1.17. The van der Waals surface area contributed by atoms with Gasteiger partial charge in [-0.15, -0.1) is 0 Å². The van der Waals surface area contributed by atoms with Crippen molar-refractivity contribution in [1.82, 2.24) is 9.78 Å². The van der Waals surface area contributed by atoms with Crippen LogP contribution in [0, 0.1) is 10.1 Å². The smallest absolute Gasteiger partial charge is 0.371 e. The second-order valence-corrected chi connectivity index (χ2v) is 3.25. The first kappa shape index (κ1) is 12.4. The van der Waals surface area contributed by atoms with E-state index in [2.05, 4.69) is 5.10 Å². The predicted molar refractivity (Wildman–Crippen MR) is 45.0 cm³/mol. The van der Waals surface area contributed by atoms with E-state index in [9.17, 15) is 28.4 Å². The van der Waals surface area contributed by atoms with Crippen LogP contribution in [0.15, 0.2) is 12.4 Å². The molecule has 0 spiro atoms. The summed E-state index contributed by atoms with van der Waals surface area (Å²) < 4.78 is 38.7. The molecule has 0 aliphatic rings. The highest BCUT2D eigenvalue weighted by Crippen LogP contribution is 2.38. The summed E-state index contributed by atoms with van der Waals surface area (Å²) >= 11 is 0.